The molecule has 2 aliphatic carbocycles. The van der Waals surface area contributed by atoms with Crippen LogP contribution in [0.3, 0.4) is 0 Å². The molecular formula is C39H32N6O13S2. The summed E-state index contributed by atoms with van der Waals surface area (Å²) in [6.07, 6.45) is 2.39. The van der Waals surface area contributed by atoms with Crippen molar-refractivity contribution in [2.75, 3.05) is 21.5 Å². The van der Waals surface area contributed by atoms with Gasteiger partial charge < -0.3 is 20.8 Å². The Morgan fingerprint density at radius 2 is 0.883 bits per heavy atom. The first-order chi connectivity index (χ1) is 28.3. The monoisotopic (exact) mass is 856 g/mol. The molecule has 8 N–H and O–H groups in total. The Balaban J connectivity index is 1.16. The number of carboxylic acids is 2. The van der Waals surface area contributed by atoms with Gasteiger partial charge in [0.05, 0.1) is 11.4 Å². The number of hydrazone groups is 2. The highest BCUT2D eigenvalue weighted by atomic mass is 32.2. The summed E-state index contributed by atoms with van der Waals surface area (Å²) in [6.45, 7) is 0. The summed E-state index contributed by atoms with van der Waals surface area (Å²) in [5.74, 6) is -3.66. The lowest BCUT2D eigenvalue weighted by Gasteiger charge is -2.18. The molecule has 21 heteroatoms. The third-order valence-corrected chi connectivity index (χ3v) is 10.6. The number of carbonyl (C=O) groups is 5. The van der Waals surface area contributed by atoms with Gasteiger partial charge in [-0.3, -0.25) is 39.1 Å². The normalized spacial score (nSPS) is 15.0. The summed E-state index contributed by atoms with van der Waals surface area (Å²) in [4.78, 5) is 59.9. The van der Waals surface area contributed by atoms with Gasteiger partial charge in [0.2, 0.25) is 11.6 Å². The third-order valence-electron chi connectivity index (χ3n) is 8.89. The van der Waals surface area contributed by atoms with Crippen LogP contribution in [0.1, 0.15) is 55.8 Å². The van der Waals surface area contributed by atoms with Gasteiger partial charge in [0.15, 0.2) is 11.4 Å². The van der Waals surface area contributed by atoms with Crippen molar-refractivity contribution >= 4 is 96.1 Å². The Labute approximate surface area is 340 Å². The van der Waals surface area contributed by atoms with Gasteiger partial charge in [0, 0.05) is 35.3 Å². The number of benzene rings is 4. The number of aryl methyl sites for hydroxylation is 2. The number of amides is 2. The number of Topliss-reactive ketones (excluding diaryl/α,β-unsaturated/α-hetero) is 2. The molecule has 0 saturated carbocycles. The minimum atomic E-state index is -5.00. The molecule has 0 spiro atoms. The van der Waals surface area contributed by atoms with Crippen LogP contribution in [0, 0.1) is 0 Å². The van der Waals surface area contributed by atoms with E-state index in [4.69, 9.17) is 10.2 Å². The lowest BCUT2D eigenvalue weighted by atomic mass is 9.94. The topological polar surface area (TPSA) is 307 Å². The van der Waals surface area contributed by atoms with E-state index >= 15 is 0 Å². The van der Waals surface area contributed by atoms with Crippen LogP contribution in [-0.2, 0) is 42.7 Å². The lowest BCUT2D eigenvalue weighted by molar-refractivity contribution is -0.138. The van der Waals surface area contributed by atoms with Gasteiger partial charge in [-0.2, -0.15) is 27.0 Å². The molecule has 2 aliphatic rings. The maximum atomic E-state index is 13.4. The Kier molecular flexibility index (Phi) is 12.2. The number of fused-ring (bicyclic) bond motifs is 2. The third kappa shape index (κ3) is 10.2. The molecule has 6 rings (SSSR count). The first kappa shape index (κ1) is 42.3. The number of aliphatic carboxylic acids is 2. The average molecular weight is 857 g/mol. The maximum Gasteiger partial charge on any atom is 0.323 e. The molecule has 4 aromatic rings. The minimum absolute atomic E-state index is 0.0114. The zero-order valence-corrected chi connectivity index (χ0v) is 32.4. The van der Waals surface area contributed by atoms with Crippen LogP contribution in [0.15, 0.2) is 105 Å². The largest absolute Gasteiger partial charge is 0.481 e. The first-order valence-corrected chi connectivity index (χ1v) is 20.4. The van der Waals surface area contributed by atoms with Gasteiger partial charge in [-0.1, -0.05) is 24.3 Å². The zero-order valence-electron chi connectivity index (χ0n) is 30.7. The van der Waals surface area contributed by atoms with Gasteiger partial charge in [-0.15, -0.1) is 0 Å². The number of nitrogens with one attached hydrogen (secondary N) is 4. The minimum Gasteiger partial charge on any atom is -0.481 e. The standard InChI is InChI=1S/C39H32N6O13S2/c46-33(47)15-5-21-1-7-25(8-2-21)42-44-35-31(59(53,54)55)19-23-17-27(11-13-29(23)37(35)50)40-39(52)41-28-12-14-30-24(18-28)20-32(60(56,57)58)36(38(30)51)45-43-26-9-3-22(4-10-26)6-16-34(48)49/h1-4,7-14,17-20,42-43H,5-6,15-16H2,(H,46,47)(H,48,49)(H2,40,41,52)(H,53,54,55)(H,56,57,58)/b44-35-,45-36-. The second-order valence-electron chi connectivity index (χ2n) is 13.1. The van der Waals surface area contributed by atoms with E-state index in [0.717, 1.165) is 12.2 Å². The molecule has 0 bridgehead atoms. The Bertz CT molecular complexity index is 2620. The van der Waals surface area contributed by atoms with Crippen molar-refractivity contribution in [2.24, 2.45) is 10.2 Å². The summed E-state index contributed by atoms with van der Waals surface area (Å²) >= 11 is 0. The number of allylic oxidation sites excluding steroid dienone is 2. The average Bonchev–Trinajstić information content (AvgIpc) is 3.18. The predicted octanol–water partition coefficient (Wildman–Crippen LogP) is 5.15. The fourth-order valence-corrected chi connectivity index (χ4v) is 7.28. The first-order valence-electron chi connectivity index (χ1n) is 17.5. The molecule has 0 aliphatic heterocycles. The Morgan fingerprint density at radius 1 is 0.533 bits per heavy atom. The van der Waals surface area contributed by atoms with E-state index in [0.29, 0.717) is 22.5 Å². The van der Waals surface area contributed by atoms with E-state index in [1.54, 1.807) is 48.5 Å². The Hall–Kier alpha value is -7.33. The van der Waals surface area contributed by atoms with E-state index in [2.05, 4.69) is 31.7 Å². The molecule has 0 unspecified atom stereocenters. The van der Waals surface area contributed by atoms with Crippen LogP contribution < -0.4 is 21.5 Å². The van der Waals surface area contributed by atoms with Crippen LogP contribution in [0.5, 0.6) is 0 Å². The van der Waals surface area contributed by atoms with Crippen LogP contribution in [-0.4, -0.2) is 77.1 Å². The fourth-order valence-electron chi connectivity index (χ4n) is 5.97. The van der Waals surface area contributed by atoms with Crippen molar-refractivity contribution in [1.29, 1.82) is 0 Å². The summed E-state index contributed by atoms with van der Waals surface area (Å²) in [6, 6.07) is 19.7. The smallest absolute Gasteiger partial charge is 0.323 e. The fraction of sp³-hybridized carbons (Fsp3) is 0.103. The van der Waals surface area contributed by atoms with Crippen molar-refractivity contribution in [1.82, 2.24) is 0 Å². The number of ketones is 2. The quantitative estimate of drug-likeness (QED) is 0.0601. The van der Waals surface area contributed by atoms with Gasteiger partial charge >= 0.3 is 18.0 Å². The summed E-state index contributed by atoms with van der Waals surface area (Å²) in [7, 11) is -10.00. The molecule has 60 heavy (non-hydrogen) atoms. The number of carbonyl (C=O) groups excluding carboxylic acids is 3. The SMILES string of the molecule is O=C(O)CCc1ccc(N/N=C2\C(=O)c3ccc(NC(=O)Nc4ccc5c(c4)C=C(S(=O)(=O)O)/C(=N/Nc4ccc(CCC(=O)O)cc4)C5=O)cc3C=C2S(=O)(=O)O)cc1. The summed E-state index contributed by atoms with van der Waals surface area (Å²) < 4.78 is 69.4. The van der Waals surface area contributed by atoms with E-state index in [-0.39, 0.29) is 59.3 Å². The van der Waals surface area contributed by atoms with E-state index in [1.165, 1.54) is 36.4 Å². The summed E-state index contributed by atoms with van der Waals surface area (Å²) in [5, 5.41) is 30.6. The Morgan fingerprint density at radius 3 is 1.22 bits per heavy atom. The molecule has 0 saturated heterocycles. The van der Waals surface area contributed by atoms with Crippen molar-refractivity contribution in [2.45, 2.75) is 25.7 Å². The molecule has 0 heterocycles. The molecule has 2 amide bonds. The van der Waals surface area contributed by atoms with Crippen LogP contribution in [0.2, 0.25) is 0 Å². The van der Waals surface area contributed by atoms with Gasteiger partial charge in [-0.05, 0) is 108 Å². The van der Waals surface area contributed by atoms with Crippen molar-refractivity contribution in [3.05, 3.63) is 128 Å². The van der Waals surface area contributed by atoms with Crippen molar-refractivity contribution in [3.63, 3.8) is 0 Å². The zero-order chi connectivity index (χ0) is 43.4. The molecule has 4 aromatic carbocycles. The molecule has 308 valence electrons. The second kappa shape index (κ2) is 17.3. The van der Waals surface area contributed by atoms with E-state index in [1.807, 2.05) is 0 Å². The lowest BCUT2D eigenvalue weighted by Crippen LogP contribution is -2.27. The van der Waals surface area contributed by atoms with Crippen molar-refractivity contribution in [3.8, 4) is 0 Å². The molecule has 0 aromatic heterocycles. The molecule has 0 fully saturated rings. The number of carboxylic acid groups (broad SMARTS) is 2. The maximum absolute atomic E-state index is 13.4. The second-order valence-corrected chi connectivity index (χ2v) is 15.9. The number of rotatable bonds is 14. The van der Waals surface area contributed by atoms with Crippen LogP contribution in [0.4, 0.5) is 27.5 Å². The number of hydrogen-bond donors (Lipinski definition) is 8. The van der Waals surface area contributed by atoms with Crippen molar-refractivity contribution < 1.29 is 60.1 Å². The predicted molar refractivity (Wildman–Crippen MR) is 220 cm³/mol. The van der Waals surface area contributed by atoms with E-state index < -0.39 is 71.0 Å². The summed E-state index contributed by atoms with van der Waals surface area (Å²) in [5.41, 5.74) is 6.17. The molecular weight excluding hydrogens is 825 g/mol. The van der Waals surface area contributed by atoms with E-state index in [9.17, 15) is 49.9 Å². The number of anilines is 4. The van der Waals surface area contributed by atoms with Gasteiger partial charge in [-0.25, -0.2) is 4.79 Å². The van der Waals surface area contributed by atoms with Crippen LogP contribution in [0.25, 0.3) is 12.2 Å². The van der Waals surface area contributed by atoms with Crippen LogP contribution >= 0.6 is 0 Å². The van der Waals surface area contributed by atoms with Gasteiger partial charge in [0.1, 0.15) is 9.81 Å². The molecule has 0 radical (unpaired) electrons. The number of nitrogens with zero attached hydrogens (tertiary/aromatic N) is 2. The molecule has 0 atom stereocenters. The highest BCUT2D eigenvalue weighted by Crippen LogP contribution is 2.30. The van der Waals surface area contributed by atoms with Gasteiger partial charge in [0.25, 0.3) is 20.2 Å². The highest BCUT2D eigenvalue weighted by molar-refractivity contribution is 7.91. The number of hydrogen-bond acceptors (Lipinski definition) is 13. The number of urea groups is 1. The highest BCUT2D eigenvalue weighted by Gasteiger charge is 2.34. The molecule has 19 nitrogen and oxygen atoms in total.